The molecule has 1 aromatic carbocycles. The molecule has 0 amide bonds. The zero-order valence-electron chi connectivity index (χ0n) is 15.2. The first-order chi connectivity index (χ1) is 14.1. The Balaban J connectivity index is 2.39. The van der Waals surface area contributed by atoms with Crippen LogP contribution in [0, 0.1) is 0 Å². The van der Waals surface area contributed by atoms with Crippen LogP contribution in [0.1, 0.15) is 5.76 Å². The minimum absolute atomic E-state index is 0.0765. The van der Waals surface area contributed by atoms with E-state index < -0.39 is 51.9 Å². The second kappa shape index (κ2) is 6.72. The number of rotatable bonds is 5. The molecule has 2 aromatic heterocycles. The van der Waals surface area contributed by atoms with Crippen LogP contribution in [0.4, 0.5) is 39.5 Å². The zero-order valence-corrected chi connectivity index (χ0v) is 15.2. The van der Waals surface area contributed by atoms with E-state index in [1.165, 1.54) is 6.07 Å². The van der Waals surface area contributed by atoms with Gasteiger partial charge in [-0.05, 0) is 6.07 Å². The molecule has 3 rings (SSSR count). The predicted molar refractivity (Wildman–Crippen MR) is 85.2 cm³/mol. The van der Waals surface area contributed by atoms with E-state index >= 15 is 0 Å². The van der Waals surface area contributed by atoms with Crippen LogP contribution in [-0.2, 0) is 5.92 Å². The maximum Gasteiger partial charge on any atom is 0.460 e. The highest BCUT2D eigenvalue weighted by molar-refractivity contribution is 6.06. The standard InChI is InChI=1S/C17H9F9O5/c1-28-10-6-3-4-30-11(6)13(29-2)12-9(10)7(27)5-8(31-12)14(18,19)15(20,21)16(22,23)17(24,25)26/h3-5H,1-2H3. The van der Waals surface area contributed by atoms with Crippen LogP contribution in [0.25, 0.3) is 21.9 Å². The van der Waals surface area contributed by atoms with Crippen LogP contribution < -0.4 is 14.9 Å². The minimum Gasteiger partial charge on any atom is -0.495 e. The fraction of sp³-hybridized carbons (Fsp3) is 0.353. The maximum atomic E-state index is 14.3. The van der Waals surface area contributed by atoms with Crippen LogP contribution >= 0.6 is 0 Å². The van der Waals surface area contributed by atoms with Gasteiger partial charge in [-0.15, -0.1) is 0 Å². The summed E-state index contributed by atoms with van der Waals surface area (Å²) in [5.74, 6) is -23.8. The number of halogens is 9. The second-order valence-electron chi connectivity index (χ2n) is 6.13. The van der Waals surface area contributed by atoms with Crippen molar-refractivity contribution >= 4 is 21.9 Å². The summed E-state index contributed by atoms with van der Waals surface area (Å²) in [4.78, 5) is 12.4. The third kappa shape index (κ3) is 2.91. The molecule has 0 fully saturated rings. The van der Waals surface area contributed by atoms with Gasteiger partial charge in [-0.25, -0.2) is 0 Å². The van der Waals surface area contributed by atoms with E-state index in [1.54, 1.807) is 0 Å². The molecular formula is C17H9F9O5. The van der Waals surface area contributed by atoms with Crippen LogP contribution in [0.3, 0.4) is 0 Å². The zero-order chi connectivity index (χ0) is 23.6. The van der Waals surface area contributed by atoms with Gasteiger partial charge < -0.3 is 18.3 Å². The van der Waals surface area contributed by atoms with E-state index in [4.69, 9.17) is 13.9 Å². The van der Waals surface area contributed by atoms with Crippen molar-refractivity contribution in [1.29, 1.82) is 0 Å². The van der Waals surface area contributed by atoms with Crippen molar-refractivity contribution in [1.82, 2.24) is 0 Å². The van der Waals surface area contributed by atoms with Crippen molar-refractivity contribution in [3.63, 3.8) is 0 Å². The number of hydrogen-bond acceptors (Lipinski definition) is 5. The third-order valence-electron chi connectivity index (χ3n) is 4.36. The fourth-order valence-electron chi connectivity index (χ4n) is 2.85. The lowest BCUT2D eigenvalue weighted by Gasteiger charge is -2.32. The smallest absolute Gasteiger partial charge is 0.460 e. The number of fused-ring (bicyclic) bond motifs is 2. The molecule has 0 unspecified atom stereocenters. The van der Waals surface area contributed by atoms with E-state index in [9.17, 15) is 44.3 Å². The van der Waals surface area contributed by atoms with E-state index in [0.29, 0.717) is 0 Å². The number of furan rings is 1. The number of ether oxygens (including phenoxy) is 2. The Labute approximate surface area is 164 Å². The van der Waals surface area contributed by atoms with Gasteiger partial charge in [0.25, 0.3) is 0 Å². The predicted octanol–water partition coefficient (Wildman–Crippen LogP) is 5.48. The molecule has 170 valence electrons. The minimum atomic E-state index is -7.16. The summed E-state index contributed by atoms with van der Waals surface area (Å²) < 4.78 is 139. The summed E-state index contributed by atoms with van der Waals surface area (Å²) in [5, 5.41) is -0.550. The van der Waals surface area contributed by atoms with Gasteiger partial charge in [0.2, 0.25) is 5.75 Å². The van der Waals surface area contributed by atoms with Gasteiger partial charge in [0, 0.05) is 6.07 Å². The Morgan fingerprint density at radius 3 is 1.94 bits per heavy atom. The van der Waals surface area contributed by atoms with Gasteiger partial charge in [0.15, 0.2) is 22.4 Å². The molecule has 2 heterocycles. The first-order valence-electron chi connectivity index (χ1n) is 7.93. The lowest BCUT2D eigenvalue weighted by Crippen LogP contribution is -2.59. The molecule has 3 aromatic rings. The summed E-state index contributed by atoms with van der Waals surface area (Å²) in [6.45, 7) is 0. The quantitative estimate of drug-likeness (QED) is 0.468. The molecule has 0 saturated heterocycles. The van der Waals surface area contributed by atoms with E-state index in [-0.39, 0.29) is 22.8 Å². The summed E-state index contributed by atoms with van der Waals surface area (Å²) in [6.07, 6.45) is -5.97. The van der Waals surface area contributed by atoms with E-state index in [1.807, 2.05) is 0 Å². The van der Waals surface area contributed by atoms with Crippen LogP contribution in [0.15, 0.2) is 32.0 Å². The summed E-state index contributed by atoms with van der Waals surface area (Å²) in [6, 6.07) is 0.951. The molecule has 0 bridgehead atoms. The average Bonchev–Trinajstić information content (AvgIpc) is 3.14. The van der Waals surface area contributed by atoms with Crippen molar-refractivity contribution in [2.75, 3.05) is 14.2 Å². The monoisotopic (exact) mass is 464 g/mol. The van der Waals surface area contributed by atoms with Crippen LogP contribution in [0.2, 0.25) is 0 Å². The number of hydrogen-bond donors (Lipinski definition) is 0. The largest absolute Gasteiger partial charge is 0.495 e. The second-order valence-corrected chi connectivity index (χ2v) is 6.13. The summed E-state index contributed by atoms with van der Waals surface area (Å²) >= 11 is 0. The highest BCUT2D eigenvalue weighted by atomic mass is 19.4. The first-order valence-corrected chi connectivity index (χ1v) is 7.93. The first kappa shape index (κ1) is 22.6. The highest BCUT2D eigenvalue weighted by Crippen LogP contribution is 2.57. The van der Waals surface area contributed by atoms with Gasteiger partial charge >= 0.3 is 23.9 Å². The van der Waals surface area contributed by atoms with Crippen LogP contribution in [-0.4, -0.2) is 32.2 Å². The third-order valence-corrected chi connectivity index (χ3v) is 4.36. The van der Waals surface area contributed by atoms with Gasteiger partial charge in [0.05, 0.1) is 25.9 Å². The van der Waals surface area contributed by atoms with E-state index in [0.717, 1.165) is 20.5 Å². The van der Waals surface area contributed by atoms with Crippen LogP contribution in [0.5, 0.6) is 11.5 Å². The molecule has 0 aliphatic rings. The Morgan fingerprint density at radius 2 is 1.42 bits per heavy atom. The van der Waals surface area contributed by atoms with Gasteiger partial charge in [-0.1, -0.05) is 0 Å². The lowest BCUT2D eigenvalue weighted by atomic mass is 10.0. The Hall–Kier alpha value is -3.06. The van der Waals surface area contributed by atoms with Crippen molar-refractivity contribution in [3.05, 3.63) is 34.4 Å². The van der Waals surface area contributed by atoms with Crippen molar-refractivity contribution in [2.45, 2.75) is 23.9 Å². The number of alkyl halides is 9. The Kier molecular flexibility index (Phi) is 4.90. The topological polar surface area (TPSA) is 61.8 Å². The maximum absolute atomic E-state index is 14.3. The van der Waals surface area contributed by atoms with Crippen molar-refractivity contribution in [2.24, 2.45) is 0 Å². The molecular weight excluding hydrogens is 455 g/mol. The number of methoxy groups -OCH3 is 2. The number of benzene rings is 1. The van der Waals surface area contributed by atoms with E-state index in [2.05, 4.69) is 4.42 Å². The van der Waals surface area contributed by atoms with Gasteiger partial charge in [0.1, 0.15) is 11.1 Å². The molecule has 0 N–H and O–H groups in total. The van der Waals surface area contributed by atoms with Gasteiger partial charge in [-0.2, -0.15) is 39.5 Å². The Bertz CT molecular complexity index is 1210. The van der Waals surface area contributed by atoms with Crippen molar-refractivity contribution in [3.8, 4) is 11.5 Å². The molecule has 0 aliphatic carbocycles. The SMILES string of the molecule is COc1c2occc2c(OC)c2c(=O)cc(C(F)(F)C(F)(F)C(F)(F)C(F)(F)F)oc12. The molecule has 14 heteroatoms. The summed E-state index contributed by atoms with van der Waals surface area (Å²) in [5.41, 5.74) is -2.75. The van der Waals surface area contributed by atoms with Crippen molar-refractivity contribution < 1.29 is 57.8 Å². The lowest BCUT2D eigenvalue weighted by molar-refractivity contribution is -0.401. The average molecular weight is 464 g/mol. The molecule has 0 atom stereocenters. The van der Waals surface area contributed by atoms with Gasteiger partial charge in [-0.3, -0.25) is 4.79 Å². The summed E-state index contributed by atoms with van der Waals surface area (Å²) in [7, 11) is 1.99. The molecule has 0 radical (unpaired) electrons. The normalized spacial score (nSPS) is 13.8. The Morgan fingerprint density at radius 1 is 0.839 bits per heavy atom. The fourth-order valence-corrected chi connectivity index (χ4v) is 2.85. The molecule has 5 nitrogen and oxygen atoms in total. The molecule has 0 aliphatic heterocycles. The molecule has 0 spiro atoms. The highest BCUT2D eigenvalue weighted by Gasteiger charge is 2.82. The molecule has 0 saturated carbocycles. The molecule has 31 heavy (non-hydrogen) atoms.